The quantitative estimate of drug-likeness (QED) is 0.633. The molecule has 130 valence electrons. The van der Waals surface area contributed by atoms with Gasteiger partial charge in [-0.2, -0.15) is 5.10 Å². The van der Waals surface area contributed by atoms with Gasteiger partial charge in [-0.1, -0.05) is 45.0 Å². The lowest BCUT2D eigenvalue weighted by Gasteiger charge is -2.19. The first kappa shape index (κ1) is 18.0. The van der Waals surface area contributed by atoms with Crippen molar-refractivity contribution in [3.8, 4) is 0 Å². The smallest absolute Gasteiger partial charge is 0.191 e. The van der Waals surface area contributed by atoms with Crippen LogP contribution in [0.2, 0.25) is 0 Å². The largest absolute Gasteiger partial charge is 0.356 e. The van der Waals surface area contributed by atoms with E-state index >= 15 is 0 Å². The Morgan fingerprint density at radius 1 is 1.12 bits per heavy atom. The Kier molecular flexibility index (Phi) is 6.41. The Balaban J connectivity index is 1.71. The Labute approximate surface area is 145 Å². The summed E-state index contributed by atoms with van der Waals surface area (Å²) in [5.41, 5.74) is 2.91. The Morgan fingerprint density at radius 3 is 2.42 bits per heavy atom. The Morgan fingerprint density at radius 2 is 1.83 bits per heavy atom. The molecular weight excluding hydrogens is 298 g/mol. The maximum Gasteiger partial charge on any atom is 0.191 e. The van der Waals surface area contributed by atoms with E-state index in [1.165, 1.54) is 11.1 Å². The molecule has 0 aliphatic carbocycles. The number of nitrogens with zero attached hydrogens (tertiary/aromatic N) is 3. The van der Waals surface area contributed by atoms with Gasteiger partial charge in [0.25, 0.3) is 0 Å². The molecule has 24 heavy (non-hydrogen) atoms. The van der Waals surface area contributed by atoms with Crippen LogP contribution in [0, 0.1) is 0 Å². The average Bonchev–Trinajstić information content (AvgIpc) is 3.06. The van der Waals surface area contributed by atoms with Crippen LogP contribution in [0.5, 0.6) is 0 Å². The summed E-state index contributed by atoms with van der Waals surface area (Å²) in [5.74, 6) is 0.827. The van der Waals surface area contributed by atoms with Gasteiger partial charge in [-0.15, -0.1) is 0 Å². The number of nitrogens with one attached hydrogen (secondary N) is 2. The van der Waals surface area contributed by atoms with Gasteiger partial charge >= 0.3 is 0 Å². The van der Waals surface area contributed by atoms with E-state index in [2.05, 4.69) is 65.8 Å². The van der Waals surface area contributed by atoms with Gasteiger partial charge in [0.1, 0.15) is 0 Å². The van der Waals surface area contributed by atoms with Gasteiger partial charge in [0.15, 0.2) is 5.96 Å². The highest BCUT2D eigenvalue weighted by molar-refractivity contribution is 5.79. The summed E-state index contributed by atoms with van der Waals surface area (Å²) in [4.78, 5) is 4.25. The van der Waals surface area contributed by atoms with E-state index in [-0.39, 0.29) is 5.41 Å². The summed E-state index contributed by atoms with van der Waals surface area (Å²) in [5, 5.41) is 10.8. The van der Waals surface area contributed by atoms with Crippen molar-refractivity contribution in [2.75, 3.05) is 20.1 Å². The van der Waals surface area contributed by atoms with Gasteiger partial charge in [-0.25, -0.2) is 0 Å². The van der Waals surface area contributed by atoms with Gasteiger partial charge < -0.3 is 10.6 Å². The van der Waals surface area contributed by atoms with E-state index in [4.69, 9.17) is 0 Å². The molecule has 0 unspecified atom stereocenters. The van der Waals surface area contributed by atoms with Crippen LogP contribution in [0.4, 0.5) is 0 Å². The zero-order chi connectivity index (χ0) is 17.4. The van der Waals surface area contributed by atoms with Crippen LogP contribution in [-0.4, -0.2) is 35.9 Å². The molecule has 0 spiro atoms. The molecular formula is C19H29N5. The zero-order valence-electron chi connectivity index (χ0n) is 15.2. The molecule has 0 bridgehead atoms. The van der Waals surface area contributed by atoms with Crippen molar-refractivity contribution in [2.24, 2.45) is 4.99 Å². The van der Waals surface area contributed by atoms with E-state index in [9.17, 15) is 0 Å². The van der Waals surface area contributed by atoms with Crippen molar-refractivity contribution < 1.29 is 0 Å². The molecule has 0 atom stereocenters. The lowest BCUT2D eigenvalue weighted by Crippen LogP contribution is -2.39. The predicted octanol–water partition coefficient (Wildman–Crippen LogP) is 2.59. The fourth-order valence-corrected chi connectivity index (χ4v) is 2.44. The van der Waals surface area contributed by atoms with Crippen molar-refractivity contribution in [1.82, 2.24) is 20.4 Å². The number of aromatic nitrogens is 2. The van der Waals surface area contributed by atoms with Crippen molar-refractivity contribution in [3.05, 3.63) is 53.9 Å². The summed E-state index contributed by atoms with van der Waals surface area (Å²) in [6, 6.07) is 10.8. The summed E-state index contributed by atoms with van der Waals surface area (Å²) in [6.45, 7) is 9.19. The summed E-state index contributed by atoms with van der Waals surface area (Å²) >= 11 is 0. The second kappa shape index (κ2) is 8.52. The van der Waals surface area contributed by atoms with Crippen LogP contribution < -0.4 is 10.6 Å². The first-order valence-electron chi connectivity index (χ1n) is 8.50. The highest BCUT2D eigenvalue weighted by atomic mass is 15.3. The highest BCUT2D eigenvalue weighted by Gasteiger charge is 2.12. The summed E-state index contributed by atoms with van der Waals surface area (Å²) in [7, 11) is 1.79. The van der Waals surface area contributed by atoms with Crippen LogP contribution in [0.25, 0.3) is 0 Å². The summed E-state index contributed by atoms with van der Waals surface area (Å²) < 4.78 is 1.90. The molecule has 0 saturated carbocycles. The van der Waals surface area contributed by atoms with Gasteiger partial charge in [0.2, 0.25) is 0 Å². The Bertz CT molecular complexity index is 621. The molecule has 0 saturated heterocycles. The lowest BCUT2D eigenvalue weighted by molar-refractivity contribution is 0.590. The highest BCUT2D eigenvalue weighted by Crippen LogP contribution is 2.22. The van der Waals surface area contributed by atoms with E-state index < -0.39 is 0 Å². The second-order valence-electron chi connectivity index (χ2n) is 6.89. The molecule has 1 aromatic heterocycles. The number of hydrogen-bond acceptors (Lipinski definition) is 2. The van der Waals surface area contributed by atoms with Crippen molar-refractivity contribution in [2.45, 2.75) is 39.2 Å². The van der Waals surface area contributed by atoms with Gasteiger partial charge in [-0.3, -0.25) is 9.67 Å². The van der Waals surface area contributed by atoms with Crippen molar-refractivity contribution in [1.29, 1.82) is 0 Å². The van der Waals surface area contributed by atoms with Crippen LogP contribution in [0.15, 0.2) is 47.7 Å². The molecule has 0 aliphatic rings. The van der Waals surface area contributed by atoms with Crippen LogP contribution in [0.3, 0.4) is 0 Å². The first-order valence-corrected chi connectivity index (χ1v) is 8.50. The van der Waals surface area contributed by atoms with E-state index in [0.717, 1.165) is 32.0 Å². The SMILES string of the molecule is CN=C(NCCc1ccc(C(C)(C)C)cc1)NCCn1cccn1. The van der Waals surface area contributed by atoms with Crippen LogP contribution >= 0.6 is 0 Å². The number of guanidine groups is 1. The molecule has 0 amide bonds. The third-order valence-corrected chi connectivity index (χ3v) is 3.94. The number of hydrogen-bond donors (Lipinski definition) is 2. The molecule has 5 nitrogen and oxygen atoms in total. The molecule has 0 aliphatic heterocycles. The second-order valence-corrected chi connectivity index (χ2v) is 6.89. The zero-order valence-corrected chi connectivity index (χ0v) is 15.2. The van der Waals surface area contributed by atoms with Gasteiger partial charge in [0, 0.05) is 32.5 Å². The monoisotopic (exact) mass is 327 g/mol. The molecule has 2 N–H and O–H groups in total. The van der Waals surface area contributed by atoms with E-state index in [0.29, 0.717) is 0 Å². The standard InChI is InChI=1S/C19H29N5/c1-19(2,3)17-8-6-16(7-9-17)10-12-21-18(20-4)22-13-15-24-14-5-11-23-24/h5-9,11,14H,10,12-13,15H2,1-4H3,(H2,20,21,22). The van der Waals surface area contributed by atoms with Gasteiger partial charge in [0.05, 0.1) is 6.54 Å². The lowest BCUT2D eigenvalue weighted by atomic mass is 9.86. The van der Waals surface area contributed by atoms with Crippen molar-refractivity contribution in [3.63, 3.8) is 0 Å². The molecule has 2 rings (SSSR count). The number of aliphatic imine (C=N–C) groups is 1. The maximum atomic E-state index is 4.25. The third-order valence-electron chi connectivity index (χ3n) is 3.94. The molecule has 2 aromatic rings. The van der Waals surface area contributed by atoms with Crippen molar-refractivity contribution >= 4 is 5.96 Å². The number of benzene rings is 1. The third kappa shape index (κ3) is 5.72. The fraction of sp³-hybridized carbons (Fsp3) is 0.474. The van der Waals surface area contributed by atoms with Gasteiger partial charge in [-0.05, 0) is 29.0 Å². The Hall–Kier alpha value is -2.30. The minimum absolute atomic E-state index is 0.206. The first-order chi connectivity index (χ1) is 11.5. The van der Waals surface area contributed by atoms with E-state index in [1.807, 2.05) is 16.9 Å². The summed E-state index contributed by atoms with van der Waals surface area (Å²) in [6.07, 6.45) is 4.72. The minimum atomic E-state index is 0.206. The molecule has 0 radical (unpaired) electrons. The minimum Gasteiger partial charge on any atom is -0.356 e. The molecule has 5 heteroatoms. The number of rotatable bonds is 6. The van der Waals surface area contributed by atoms with Crippen LogP contribution in [0.1, 0.15) is 31.9 Å². The molecule has 1 aromatic carbocycles. The topological polar surface area (TPSA) is 54.2 Å². The fourth-order valence-electron chi connectivity index (χ4n) is 2.44. The molecule has 1 heterocycles. The van der Waals surface area contributed by atoms with E-state index in [1.54, 1.807) is 13.2 Å². The normalized spacial score (nSPS) is 12.2. The predicted molar refractivity (Wildman–Crippen MR) is 100 cm³/mol. The van der Waals surface area contributed by atoms with Crippen LogP contribution in [-0.2, 0) is 18.4 Å². The maximum absolute atomic E-state index is 4.25. The molecule has 0 fully saturated rings. The average molecular weight is 327 g/mol.